The van der Waals surface area contributed by atoms with Crippen molar-refractivity contribution >= 4 is 0 Å². The Kier molecular flexibility index (Phi) is 5.40. The SMILES string of the molecule is CCCC(CC)OC1CCCCO1. The van der Waals surface area contributed by atoms with Crippen molar-refractivity contribution in [3.05, 3.63) is 0 Å². The van der Waals surface area contributed by atoms with Gasteiger partial charge in [-0.05, 0) is 32.1 Å². The van der Waals surface area contributed by atoms with Gasteiger partial charge in [0.1, 0.15) is 0 Å². The van der Waals surface area contributed by atoms with E-state index >= 15 is 0 Å². The fraction of sp³-hybridized carbons (Fsp3) is 1.00. The summed E-state index contributed by atoms with van der Waals surface area (Å²) in [7, 11) is 0. The summed E-state index contributed by atoms with van der Waals surface area (Å²) in [6.07, 6.45) is 7.51. The molecule has 2 nitrogen and oxygen atoms in total. The monoisotopic (exact) mass is 186 g/mol. The van der Waals surface area contributed by atoms with E-state index in [-0.39, 0.29) is 6.29 Å². The maximum Gasteiger partial charge on any atom is 0.157 e. The van der Waals surface area contributed by atoms with E-state index in [9.17, 15) is 0 Å². The zero-order valence-electron chi connectivity index (χ0n) is 8.92. The third-order valence-electron chi connectivity index (χ3n) is 2.55. The third-order valence-corrected chi connectivity index (χ3v) is 2.55. The van der Waals surface area contributed by atoms with E-state index in [1.165, 1.54) is 19.3 Å². The maximum absolute atomic E-state index is 5.86. The van der Waals surface area contributed by atoms with Gasteiger partial charge in [-0.2, -0.15) is 0 Å². The van der Waals surface area contributed by atoms with Crippen molar-refractivity contribution in [1.82, 2.24) is 0 Å². The molecule has 0 N–H and O–H groups in total. The molecule has 0 aromatic carbocycles. The van der Waals surface area contributed by atoms with Gasteiger partial charge in [0.05, 0.1) is 6.10 Å². The summed E-state index contributed by atoms with van der Waals surface area (Å²) in [5, 5.41) is 0. The van der Waals surface area contributed by atoms with Crippen LogP contribution in [-0.4, -0.2) is 19.0 Å². The Balaban J connectivity index is 2.18. The summed E-state index contributed by atoms with van der Waals surface area (Å²) >= 11 is 0. The van der Waals surface area contributed by atoms with Gasteiger partial charge in [0.25, 0.3) is 0 Å². The first-order chi connectivity index (χ1) is 6.36. The molecular weight excluding hydrogens is 164 g/mol. The van der Waals surface area contributed by atoms with Crippen molar-refractivity contribution < 1.29 is 9.47 Å². The smallest absolute Gasteiger partial charge is 0.157 e. The molecule has 1 fully saturated rings. The summed E-state index contributed by atoms with van der Waals surface area (Å²) in [5.74, 6) is 0. The summed E-state index contributed by atoms with van der Waals surface area (Å²) in [5.41, 5.74) is 0. The molecule has 13 heavy (non-hydrogen) atoms. The molecule has 0 radical (unpaired) electrons. The molecule has 1 saturated heterocycles. The Labute approximate surface area is 81.6 Å². The van der Waals surface area contributed by atoms with Crippen LogP contribution in [0.2, 0.25) is 0 Å². The zero-order valence-corrected chi connectivity index (χ0v) is 8.92. The minimum atomic E-state index is 0.0882. The Morgan fingerprint density at radius 2 is 2.23 bits per heavy atom. The van der Waals surface area contributed by atoms with Gasteiger partial charge in [-0.15, -0.1) is 0 Å². The van der Waals surface area contributed by atoms with Gasteiger partial charge in [0, 0.05) is 6.61 Å². The minimum absolute atomic E-state index is 0.0882. The first-order valence-electron chi connectivity index (χ1n) is 5.63. The summed E-state index contributed by atoms with van der Waals surface area (Å²) in [6.45, 7) is 5.27. The van der Waals surface area contributed by atoms with Gasteiger partial charge >= 0.3 is 0 Å². The summed E-state index contributed by atoms with van der Waals surface area (Å²) in [4.78, 5) is 0. The second-order valence-corrected chi connectivity index (χ2v) is 3.75. The lowest BCUT2D eigenvalue weighted by Crippen LogP contribution is -2.27. The topological polar surface area (TPSA) is 18.5 Å². The van der Waals surface area contributed by atoms with E-state index < -0.39 is 0 Å². The van der Waals surface area contributed by atoms with Crippen LogP contribution >= 0.6 is 0 Å². The molecule has 0 amide bonds. The van der Waals surface area contributed by atoms with Gasteiger partial charge < -0.3 is 9.47 Å². The Bertz CT molecular complexity index is 117. The molecule has 0 aromatic heterocycles. The lowest BCUT2D eigenvalue weighted by atomic mass is 10.1. The molecule has 0 aliphatic carbocycles. The third kappa shape index (κ3) is 4.10. The quantitative estimate of drug-likeness (QED) is 0.657. The van der Waals surface area contributed by atoms with Crippen molar-refractivity contribution in [3.63, 3.8) is 0 Å². The normalized spacial score (nSPS) is 25.8. The molecule has 1 rings (SSSR count). The molecule has 1 aliphatic rings. The van der Waals surface area contributed by atoms with Crippen LogP contribution in [0.3, 0.4) is 0 Å². The summed E-state index contributed by atoms with van der Waals surface area (Å²) in [6, 6.07) is 0. The first-order valence-corrected chi connectivity index (χ1v) is 5.63. The fourth-order valence-corrected chi connectivity index (χ4v) is 1.72. The van der Waals surface area contributed by atoms with Gasteiger partial charge in [0.2, 0.25) is 0 Å². The standard InChI is InChI=1S/C11H22O2/c1-3-7-10(4-2)13-11-8-5-6-9-12-11/h10-11H,3-9H2,1-2H3. The van der Waals surface area contributed by atoms with Crippen LogP contribution in [0.5, 0.6) is 0 Å². The van der Waals surface area contributed by atoms with Crippen molar-refractivity contribution in [2.24, 2.45) is 0 Å². The predicted octanol–water partition coefficient (Wildman–Crippen LogP) is 3.11. The fourth-order valence-electron chi connectivity index (χ4n) is 1.72. The number of ether oxygens (including phenoxy) is 2. The van der Waals surface area contributed by atoms with Gasteiger partial charge in [-0.3, -0.25) is 0 Å². The van der Waals surface area contributed by atoms with E-state index in [2.05, 4.69) is 13.8 Å². The predicted molar refractivity (Wildman–Crippen MR) is 53.7 cm³/mol. The Hall–Kier alpha value is -0.0800. The van der Waals surface area contributed by atoms with Crippen LogP contribution in [0.4, 0.5) is 0 Å². The highest BCUT2D eigenvalue weighted by atomic mass is 16.7. The average molecular weight is 186 g/mol. The van der Waals surface area contributed by atoms with Gasteiger partial charge in [-0.1, -0.05) is 20.3 Å². The Morgan fingerprint density at radius 1 is 1.38 bits per heavy atom. The molecule has 1 aliphatic heterocycles. The van der Waals surface area contributed by atoms with E-state index in [1.54, 1.807) is 0 Å². The van der Waals surface area contributed by atoms with Crippen LogP contribution in [0.25, 0.3) is 0 Å². The summed E-state index contributed by atoms with van der Waals surface area (Å²) < 4.78 is 11.4. The van der Waals surface area contributed by atoms with Crippen molar-refractivity contribution in [1.29, 1.82) is 0 Å². The molecule has 2 atom stereocenters. The van der Waals surface area contributed by atoms with Crippen molar-refractivity contribution in [3.8, 4) is 0 Å². The Morgan fingerprint density at radius 3 is 2.77 bits per heavy atom. The van der Waals surface area contributed by atoms with E-state index in [1.807, 2.05) is 0 Å². The maximum atomic E-state index is 5.86. The van der Waals surface area contributed by atoms with Crippen molar-refractivity contribution in [2.75, 3.05) is 6.61 Å². The first kappa shape index (κ1) is 11.0. The largest absolute Gasteiger partial charge is 0.353 e. The molecule has 78 valence electrons. The lowest BCUT2D eigenvalue weighted by molar-refractivity contribution is -0.189. The van der Waals surface area contributed by atoms with Crippen LogP contribution in [0.1, 0.15) is 52.4 Å². The number of hydrogen-bond donors (Lipinski definition) is 0. The molecule has 0 saturated carbocycles. The highest BCUT2D eigenvalue weighted by Gasteiger charge is 2.17. The van der Waals surface area contributed by atoms with Crippen LogP contribution in [0.15, 0.2) is 0 Å². The molecule has 2 unspecified atom stereocenters. The highest BCUT2D eigenvalue weighted by Crippen LogP contribution is 2.18. The molecule has 2 heteroatoms. The highest BCUT2D eigenvalue weighted by molar-refractivity contribution is 4.59. The zero-order chi connectivity index (χ0) is 9.52. The van der Waals surface area contributed by atoms with Crippen LogP contribution in [0, 0.1) is 0 Å². The molecule has 0 spiro atoms. The number of hydrogen-bond acceptors (Lipinski definition) is 2. The van der Waals surface area contributed by atoms with Gasteiger partial charge in [0.15, 0.2) is 6.29 Å². The number of rotatable bonds is 5. The second-order valence-electron chi connectivity index (χ2n) is 3.75. The van der Waals surface area contributed by atoms with Gasteiger partial charge in [-0.25, -0.2) is 0 Å². The van der Waals surface area contributed by atoms with Crippen LogP contribution in [-0.2, 0) is 9.47 Å². The van der Waals surface area contributed by atoms with E-state index in [0.29, 0.717) is 6.10 Å². The van der Waals surface area contributed by atoms with Crippen LogP contribution < -0.4 is 0 Å². The second kappa shape index (κ2) is 6.39. The molecule has 0 bridgehead atoms. The minimum Gasteiger partial charge on any atom is -0.353 e. The average Bonchev–Trinajstić information content (AvgIpc) is 2.19. The van der Waals surface area contributed by atoms with E-state index in [4.69, 9.17) is 9.47 Å². The van der Waals surface area contributed by atoms with Crippen molar-refractivity contribution in [2.45, 2.75) is 64.8 Å². The lowest BCUT2D eigenvalue weighted by Gasteiger charge is -2.27. The molecule has 0 aromatic rings. The molecular formula is C11H22O2. The van der Waals surface area contributed by atoms with E-state index in [0.717, 1.165) is 25.9 Å². The molecule has 1 heterocycles.